The molecular formula is C15H28N4O4. The van der Waals surface area contributed by atoms with Gasteiger partial charge in [-0.2, -0.15) is 0 Å². The number of ether oxygens (including phenoxy) is 1. The average Bonchev–Trinajstić information content (AvgIpc) is 2.53. The summed E-state index contributed by atoms with van der Waals surface area (Å²) >= 11 is 0. The van der Waals surface area contributed by atoms with Gasteiger partial charge in [0.25, 0.3) is 5.91 Å². The van der Waals surface area contributed by atoms with Crippen molar-refractivity contribution in [2.75, 3.05) is 13.2 Å². The lowest BCUT2D eigenvalue weighted by Crippen LogP contribution is -2.60. The molecule has 0 aromatic rings. The van der Waals surface area contributed by atoms with Crippen LogP contribution in [-0.4, -0.2) is 54.1 Å². The Balaban J connectivity index is 2.58. The molecule has 1 fully saturated rings. The Morgan fingerprint density at radius 3 is 2.57 bits per heavy atom. The number of rotatable bonds is 6. The fourth-order valence-corrected chi connectivity index (χ4v) is 2.27. The summed E-state index contributed by atoms with van der Waals surface area (Å²) in [5.41, 5.74) is 8.64. The van der Waals surface area contributed by atoms with E-state index in [1.807, 2.05) is 13.8 Å². The zero-order valence-corrected chi connectivity index (χ0v) is 14.3. The van der Waals surface area contributed by atoms with Crippen LogP contribution >= 0.6 is 0 Å². The van der Waals surface area contributed by atoms with Crippen LogP contribution in [0.4, 0.5) is 0 Å². The molecule has 1 rings (SSSR count). The maximum Gasteiger partial charge on any atom is 0.324 e. The van der Waals surface area contributed by atoms with Crippen LogP contribution in [-0.2, 0) is 19.1 Å². The van der Waals surface area contributed by atoms with Crippen molar-refractivity contribution in [3.63, 3.8) is 0 Å². The molecule has 0 bridgehead atoms. The molecule has 0 spiro atoms. The van der Waals surface area contributed by atoms with Gasteiger partial charge in [0.2, 0.25) is 5.91 Å². The van der Waals surface area contributed by atoms with Crippen LogP contribution < -0.4 is 16.5 Å². The molecule has 8 heteroatoms. The predicted octanol–water partition coefficient (Wildman–Crippen LogP) is -0.467. The van der Waals surface area contributed by atoms with Crippen LogP contribution in [0.2, 0.25) is 0 Å². The van der Waals surface area contributed by atoms with Crippen LogP contribution in [0.5, 0.6) is 0 Å². The summed E-state index contributed by atoms with van der Waals surface area (Å²) < 4.78 is 4.97. The minimum Gasteiger partial charge on any atom is -0.465 e. The highest BCUT2D eigenvalue weighted by molar-refractivity contribution is 5.89. The summed E-state index contributed by atoms with van der Waals surface area (Å²) in [5.74, 6) is -1.05. The van der Waals surface area contributed by atoms with Gasteiger partial charge in [0.15, 0.2) is 0 Å². The summed E-state index contributed by atoms with van der Waals surface area (Å²) in [6, 6.07) is -1.92. The molecule has 0 aromatic heterocycles. The van der Waals surface area contributed by atoms with Gasteiger partial charge >= 0.3 is 5.97 Å². The number of esters is 1. The standard InChI is InChI=1S/C15H28N4O4/c1-5-23-15(22)11-7-6-8-19(18-11)14(21)10(4)17-13(20)12(16)9(2)3/h9-12,18H,5-8,16H2,1-4H3,(H,17,20). The average molecular weight is 328 g/mol. The molecule has 1 aliphatic rings. The number of carbonyl (C=O) groups excluding carboxylic acids is 3. The number of hydrazine groups is 1. The first-order valence-corrected chi connectivity index (χ1v) is 8.08. The highest BCUT2D eigenvalue weighted by Gasteiger charge is 2.31. The number of nitrogens with two attached hydrogens (primary N) is 1. The van der Waals surface area contributed by atoms with Crippen LogP contribution in [0.25, 0.3) is 0 Å². The Morgan fingerprint density at radius 2 is 2.00 bits per heavy atom. The molecule has 0 aliphatic carbocycles. The number of carbonyl (C=O) groups is 3. The second-order valence-electron chi connectivity index (χ2n) is 6.07. The molecule has 1 aliphatic heterocycles. The number of hydrogen-bond acceptors (Lipinski definition) is 6. The molecule has 3 atom stereocenters. The smallest absolute Gasteiger partial charge is 0.324 e. The summed E-state index contributed by atoms with van der Waals surface area (Å²) in [4.78, 5) is 36.1. The van der Waals surface area contributed by atoms with Gasteiger partial charge in [0, 0.05) is 6.54 Å². The highest BCUT2D eigenvalue weighted by atomic mass is 16.5. The molecule has 0 aromatic carbocycles. The minimum absolute atomic E-state index is 0.0152. The van der Waals surface area contributed by atoms with Crippen molar-refractivity contribution in [1.29, 1.82) is 0 Å². The quantitative estimate of drug-likeness (QED) is 0.568. The van der Waals surface area contributed by atoms with Gasteiger partial charge in [-0.3, -0.25) is 19.4 Å². The molecule has 132 valence electrons. The summed E-state index contributed by atoms with van der Waals surface area (Å²) in [7, 11) is 0. The Kier molecular flexibility index (Phi) is 7.44. The molecular weight excluding hydrogens is 300 g/mol. The van der Waals surface area contributed by atoms with E-state index < -0.39 is 18.1 Å². The van der Waals surface area contributed by atoms with Crippen molar-refractivity contribution < 1.29 is 19.1 Å². The summed E-state index contributed by atoms with van der Waals surface area (Å²) in [5, 5.41) is 3.99. The molecule has 23 heavy (non-hydrogen) atoms. The molecule has 0 radical (unpaired) electrons. The highest BCUT2D eigenvalue weighted by Crippen LogP contribution is 2.10. The van der Waals surface area contributed by atoms with Crippen molar-refractivity contribution in [3.05, 3.63) is 0 Å². The number of nitrogens with zero attached hydrogens (tertiary/aromatic N) is 1. The zero-order chi connectivity index (χ0) is 17.6. The fraction of sp³-hybridized carbons (Fsp3) is 0.800. The van der Waals surface area contributed by atoms with Crippen molar-refractivity contribution in [2.24, 2.45) is 11.7 Å². The van der Waals surface area contributed by atoms with Crippen LogP contribution in [0.15, 0.2) is 0 Å². The second-order valence-corrected chi connectivity index (χ2v) is 6.07. The fourth-order valence-electron chi connectivity index (χ4n) is 2.27. The van der Waals surface area contributed by atoms with Crippen molar-refractivity contribution in [3.8, 4) is 0 Å². The molecule has 1 saturated heterocycles. The van der Waals surface area contributed by atoms with E-state index >= 15 is 0 Å². The first-order chi connectivity index (χ1) is 10.8. The van der Waals surface area contributed by atoms with E-state index in [1.165, 1.54) is 5.01 Å². The van der Waals surface area contributed by atoms with Gasteiger partial charge < -0.3 is 15.8 Å². The molecule has 0 saturated carbocycles. The van der Waals surface area contributed by atoms with Gasteiger partial charge in [0.1, 0.15) is 12.1 Å². The Hall–Kier alpha value is -1.67. The lowest BCUT2D eigenvalue weighted by molar-refractivity contribution is -0.152. The lowest BCUT2D eigenvalue weighted by Gasteiger charge is -2.34. The largest absolute Gasteiger partial charge is 0.465 e. The number of amides is 2. The second kappa shape index (κ2) is 8.83. The van der Waals surface area contributed by atoms with Gasteiger partial charge in [0.05, 0.1) is 12.6 Å². The maximum absolute atomic E-state index is 12.4. The predicted molar refractivity (Wildman–Crippen MR) is 84.9 cm³/mol. The SMILES string of the molecule is CCOC(=O)C1CCCN(C(=O)C(C)NC(=O)C(N)C(C)C)N1. The van der Waals surface area contributed by atoms with E-state index in [1.54, 1.807) is 13.8 Å². The maximum atomic E-state index is 12.4. The van der Waals surface area contributed by atoms with Crippen LogP contribution in [0, 0.1) is 5.92 Å². The molecule has 2 amide bonds. The van der Waals surface area contributed by atoms with E-state index in [9.17, 15) is 14.4 Å². The summed E-state index contributed by atoms with van der Waals surface area (Å²) in [6.45, 7) is 7.79. The number of hydrogen-bond donors (Lipinski definition) is 3. The summed E-state index contributed by atoms with van der Waals surface area (Å²) in [6.07, 6.45) is 1.30. The van der Waals surface area contributed by atoms with E-state index in [4.69, 9.17) is 10.5 Å². The lowest BCUT2D eigenvalue weighted by atomic mass is 10.0. The third kappa shape index (κ3) is 5.47. The van der Waals surface area contributed by atoms with E-state index in [0.29, 0.717) is 26.0 Å². The molecule has 8 nitrogen and oxygen atoms in total. The monoisotopic (exact) mass is 328 g/mol. The molecule has 3 unspecified atom stereocenters. The van der Waals surface area contributed by atoms with E-state index in [0.717, 1.165) is 0 Å². The molecule has 1 heterocycles. The van der Waals surface area contributed by atoms with E-state index in [-0.39, 0.29) is 23.7 Å². The van der Waals surface area contributed by atoms with Crippen molar-refractivity contribution in [1.82, 2.24) is 15.8 Å². The van der Waals surface area contributed by atoms with Gasteiger partial charge in [-0.25, -0.2) is 5.43 Å². The third-order valence-electron chi connectivity index (χ3n) is 3.77. The zero-order valence-electron chi connectivity index (χ0n) is 14.3. The Labute approximate surface area is 137 Å². The first kappa shape index (κ1) is 19.4. The van der Waals surface area contributed by atoms with Crippen LogP contribution in [0.3, 0.4) is 0 Å². The third-order valence-corrected chi connectivity index (χ3v) is 3.77. The van der Waals surface area contributed by atoms with Crippen molar-refractivity contribution >= 4 is 17.8 Å². The normalized spacial score (nSPS) is 20.8. The Bertz CT molecular complexity index is 441. The first-order valence-electron chi connectivity index (χ1n) is 8.08. The van der Waals surface area contributed by atoms with Crippen LogP contribution in [0.1, 0.15) is 40.5 Å². The van der Waals surface area contributed by atoms with Gasteiger partial charge in [-0.1, -0.05) is 13.8 Å². The van der Waals surface area contributed by atoms with E-state index in [2.05, 4.69) is 10.7 Å². The Morgan fingerprint density at radius 1 is 1.35 bits per heavy atom. The van der Waals surface area contributed by atoms with Gasteiger partial charge in [-0.15, -0.1) is 0 Å². The van der Waals surface area contributed by atoms with Crippen molar-refractivity contribution in [2.45, 2.75) is 58.7 Å². The minimum atomic E-state index is -0.722. The van der Waals surface area contributed by atoms with Gasteiger partial charge in [-0.05, 0) is 32.6 Å². The molecule has 4 N–H and O–H groups in total. The topological polar surface area (TPSA) is 114 Å². The number of nitrogens with one attached hydrogen (secondary N) is 2.